The predicted molar refractivity (Wildman–Crippen MR) is 277 cm³/mol. The summed E-state index contributed by atoms with van der Waals surface area (Å²) in [6.07, 6.45) is 7.51. The van der Waals surface area contributed by atoms with E-state index in [2.05, 4.69) is 233 Å². The van der Waals surface area contributed by atoms with E-state index >= 15 is 0 Å². The molecule has 11 aromatic rings. The van der Waals surface area contributed by atoms with Crippen molar-refractivity contribution >= 4 is 39.7 Å². The summed E-state index contributed by atoms with van der Waals surface area (Å²) in [6.45, 7) is 0. The molecule has 0 aliphatic heterocycles. The molecule has 11 rings (SSSR count). The number of benzene rings is 6. The molecule has 5 heteroatoms. The first-order valence-electron chi connectivity index (χ1n) is 22.0. The normalized spacial score (nSPS) is 11.5. The van der Waals surface area contributed by atoms with Crippen LogP contribution in [0.3, 0.4) is 0 Å². The third-order valence-corrected chi connectivity index (χ3v) is 14.3. The summed E-state index contributed by atoms with van der Waals surface area (Å²) >= 11 is 3.60. The molecule has 1 unspecified atom stereocenters. The van der Waals surface area contributed by atoms with Crippen molar-refractivity contribution in [3.63, 3.8) is 0 Å². The smallest absolute Gasteiger partial charge is 0.0644 e. The number of hydrogen-bond acceptors (Lipinski definition) is 5. The summed E-state index contributed by atoms with van der Waals surface area (Å²) in [6, 6.07) is 84.9. The minimum Gasteiger partial charge on any atom is -0.309 e. The SMILES string of the molecule is c1c(-c2ccc(-c3ccccc3)s2)ccc(C(c2ccc(-c3ccc(-c4ccc(N(c5ccc(-c6ccc(-c7ccccc7)s6)cc5)c5cccnc5)cc4)cc3)cc2)c2cccnc2)c#1. The zero-order chi connectivity index (χ0) is 44.1. The highest BCUT2D eigenvalue weighted by molar-refractivity contribution is 7.19. The van der Waals surface area contributed by atoms with Crippen molar-refractivity contribution in [1.82, 2.24) is 9.97 Å². The van der Waals surface area contributed by atoms with Gasteiger partial charge in [0.15, 0.2) is 0 Å². The van der Waals surface area contributed by atoms with Crippen molar-refractivity contribution in [2.75, 3.05) is 4.90 Å². The molecule has 1 atom stereocenters. The molecule has 0 radical (unpaired) electrons. The number of anilines is 3. The van der Waals surface area contributed by atoms with Crippen molar-refractivity contribution in [2.24, 2.45) is 0 Å². The van der Waals surface area contributed by atoms with Gasteiger partial charge in [-0.15, -0.1) is 22.7 Å². The third kappa shape index (κ3) is 8.59. The molecule has 4 heterocycles. The molecule has 66 heavy (non-hydrogen) atoms. The Morgan fingerprint density at radius 3 is 1.30 bits per heavy atom. The van der Waals surface area contributed by atoms with Crippen LogP contribution in [-0.2, 0) is 0 Å². The fourth-order valence-electron chi connectivity index (χ4n) is 8.53. The van der Waals surface area contributed by atoms with Gasteiger partial charge in [-0.1, -0.05) is 152 Å². The van der Waals surface area contributed by atoms with E-state index in [1.165, 1.54) is 47.3 Å². The van der Waals surface area contributed by atoms with E-state index in [9.17, 15) is 0 Å². The van der Waals surface area contributed by atoms with Crippen LogP contribution in [0, 0.1) is 12.1 Å². The Bertz CT molecular complexity index is 3070. The maximum atomic E-state index is 4.49. The quantitative estimate of drug-likeness (QED) is 0.122. The number of nitrogens with zero attached hydrogens (tertiary/aromatic N) is 3. The monoisotopic (exact) mass is 879 g/mol. The van der Waals surface area contributed by atoms with Crippen LogP contribution in [0.2, 0.25) is 0 Å². The van der Waals surface area contributed by atoms with E-state index in [4.69, 9.17) is 0 Å². The minimum atomic E-state index is -0.0278. The van der Waals surface area contributed by atoms with Gasteiger partial charge in [0.25, 0.3) is 0 Å². The van der Waals surface area contributed by atoms with E-state index in [1.54, 1.807) is 11.3 Å². The molecule has 0 aliphatic rings. The molecule has 0 aliphatic carbocycles. The minimum absolute atomic E-state index is 0.0278. The fourth-order valence-corrected chi connectivity index (χ4v) is 10.5. The van der Waals surface area contributed by atoms with Gasteiger partial charge in [-0.05, 0) is 129 Å². The van der Waals surface area contributed by atoms with Crippen LogP contribution in [0.15, 0.2) is 243 Å². The number of rotatable bonds is 12. The van der Waals surface area contributed by atoms with Gasteiger partial charge in [0.05, 0.1) is 11.9 Å². The summed E-state index contributed by atoms with van der Waals surface area (Å²) in [5.74, 6) is -0.0278. The molecule has 312 valence electrons. The molecule has 4 aromatic heterocycles. The Balaban J connectivity index is 0.806. The van der Waals surface area contributed by atoms with E-state index in [0.717, 1.165) is 50.4 Å². The topological polar surface area (TPSA) is 29.0 Å². The molecule has 0 saturated heterocycles. The second-order valence-electron chi connectivity index (χ2n) is 16.1. The Kier molecular flexibility index (Phi) is 11.4. The number of aromatic nitrogens is 2. The molecule has 0 N–H and O–H groups in total. The van der Waals surface area contributed by atoms with Gasteiger partial charge in [-0.3, -0.25) is 9.97 Å². The molecular weight excluding hydrogens is 839 g/mol. The molecule has 7 aromatic carbocycles. The molecule has 0 amide bonds. The number of hydrogen-bond donors (Lipinski definition) is 0. The Hall–Kier alpha value is -8.14. The highest BCUT2D eigenvalue weighted by Gasteiger charge is 2.19. The first-order valence-corrected chi connectivity index (χ1v) is 23.6. The summed E-state index contributed by atoms with van der Waals surface area (Å²) in [5.41, 5.74) is 15.9. The number of pyridine rings is 2. The second-order valence-corrected chi connectivity index (χ2v) is 18.2. The lowest BCUT2D eigenvalue weighted by Gasteiger charge is -2.25. The summed E-state index contributed by atoms with van der Waals surface area (Å²) < 4.78 is 0. The Morgan fingerprint density at radius 2 is 0.803 bits per heavy atom. The van der Waals surface area contributed by atoms with Gasteiger partial charge >= 0.3 is 0 Å². The van der Waals surface area contributed by atoms with Crippen molar-refractivity contribution in [2.45, 2.75) is 5.92 Å². The van der Waals surface area contributed by atoms with Crippen LogP contribution in [0.4, 0.5) is 17.1 Å². The summed E-state index contributed by atoms with van der Waals surface area (Å²) in [7, 11) is 0. The van der Waals surface area contributed by atoms with Crippen LogP contribution in [0.25, 0.3) is 64.0 Å². The van der Waals surface area contributed by atoms with Crippen molar-refractivity contribution < 1.29 is 0 Å². The molecule has 0 fully saturated rings. The fraction of sp³-hybridized carbons (Fsp3) is 0.0164. The molecule has 3 nitrogen and oxygen atoms in total. The van der Waals surface area contributed by atoms with Crippen LogP contribution < -0.4 is 4.90 Å². The summed E-state index contributed by atoms with van der Waals surface area (Å²) in [5, 5.41) is 0. The average Bonchev–Trinajstić information content (AvgIpc) is 4.11. The van der Waals surface area contributed by atoms with Crippen LogP contribution in [0.1, 0.15) is 22.6 Å². The first kappa shape index (κ1) is 40.6. The largest absolute Gasteiger partial charge is 0.309 e. The van der Waals surface area contributed by atoms with Crippen LogP contribution in [0.5, 0.6) is 0 Å². The second kappa shape index (κ2) is 18.5. The van der Waals surface area contributed by atoms with Gasteiger partial charge in [-0.2, -0.15) is 0 Å². The van der Waals surface area contributed by atoms with Crippen molar-refractivity contribution in [3.8, 4) is 64.0 Å². The van der Waals surface area contributed by atoms with Gasteiger partial charge in [0.2, 0.25) is 0 Å². The lowest BCUT2D eigenvalue weighted by atomic mass is 9.85. The Labute approximate surface area is 394 Å². The van der Waals surface area contributed by atoms with Crippen molar-refractivity contribution in [1.29, 1.82) is 0 Å². The number of thiophene rings is 2. The average molecular weight is 880 g/mol. The van der Waals surface area contributed by atoms with Crippen molar-refractivity contribution in [3.05, 3.63) is 272 Å². The van der Waals surface area contributed by atoms with Crippen LogP contribution in [-0.4, -0.2) is 9.97 Å². The predicted octanol–water partition coefficient (Wildman–Crippen LogP) is 16.9. The van der Waals surface area contributed by atoms with Gasteiger partial charge < -0.3 is 4.90 Å². The standard InChI is InChI=1S/C61H41N3S2/c1-3-9-47(10-4-1)57-35-37-59(65-57)49-21-25-52(26-22-49)61(53-13-7-39-62-41-53)51-23-19-45(20-24-51)43-15-17-44(18-16-43)46-27-31-54(32-28-46)64(56-14-8-40-63-42-56)55-33-29-50(30-34-55)60-38-36-58(66-60)48-11-5-2-6-12-48/h1-21,23-25,27-42,61H. The van der Waals surface area contributed by atoms with E-state index in [-0.39, 0.29) is 5.92 Å². The molecule has 0 spiro atoms. The molecular formula is C61H41N3S2. The maximum Gasteiger partial charge on any atom is 0.0644 e. The van der Waals surface area contributed by atoms with E-state index in [0.29, 0.717) is 0 Å². The van der Waals surface area contributed by atoms with Crippen LogP contribution >= 0.6 is 22.7 Å². The lowest BCUT2D eigenvalue weighted by molar-refractivity contribution is 0.965. The zero-order valence-corrected chi connectivity index (χ0v) is 37.5. The lowest BCUT2D eigenvalue weighted by Crippen LogP contribution is -2.10. The van der Waals surface area contributed by atoms with Gasteiger partial charge in [0.1, 0.15) is 0 Å². The Morgan fingerprint density at radius 1 is 0.333 bits per heavy atom. The van der Waals surface area contributed by atoms with Gasteiger partial charge in [0, 0.05) is 66.5 Å². The molecule has 0 saturated carbocycles. The van der Waals surface area contributed by atoms with E-state index in [1.807, 2.05) is 48.3 Å². The highest BCUT2D eigenvalue weighted by atomic mass is 32.1. The highest BCUT2D eigenvalue weighted by Crippen LogP contribution is 2.40. The van der Waals surface area contributed by atoms with E-state index < -0.39 is 0 Å². The van der Waals surface area contributed by atoms with Gasteiger partial charge in [-0.25, -0.2) is 0 Å². The third-order valence-electron chi connectivity index (χ3n) is 11.9. The summed E-state index contributed by atoms with van der Waals surface area (Å²) in [4.78, 5) is 16.2. The maximum absolute atomic E-state index is 4.49. The first-order chi connectivity index (χ1) is 32.7. The molecule has 0 bridgehead atoms. The zero-order valence-electron chi connectivity index (χ0n) is 35.8.